The third-order valence-electron chi connectivity index (χ3n) is 3.45. The first-order valence-electron chi connectivity index (χ1n) is 6.10. The van der Waals surface area contributed by atoms with Crippen molar-refractivity contribution < 1.29 is 13.2 Å². The Morgan fingerprint density at radius 1 is 1.50 bits per heavy atom. The van der Waals surface area contributed by atoms with E-state index < -0.39 is 17.6 Å². The first-order valence-corrected chi connectivity index (χ1v) is 6.10. The summed E-state index contributed by atoms with van der Waals surface area (Å²) in [4.78, 5) is 5.81. The van der Waals surface area contributed by atoms with Gasteiger partial charge in [-0.15, -0.1) is 0 Å². The van der Waals surface area contributed by atoms with Gasteiger partial charge in [0.05, 0.1) is 5.92 Å². The largest absolute Gasteiger partial charge is 0.394 e. The molecule has 1 saturated heterocycles. The predicted octanol–water partition coefficient (Wildman–Crippen LogP) is 1.88. The standard InChI is InChI=1S/C11H21F3N4/c1-4-6-16-9(17-15)18-7-5-8(10(18,2)3)11(12,13)14/h8H,4-7,15H2,1-3H3,(H,16,17). The summed E-state index contributed by atoms with van der Waals surface area (Å²) in [5.74, 6) is 4.35. The van der Waals surface area contributed by atoms with Crippen LogP contribution in [0.4, 0.5) is 13.2 Å². The van der Waals surface area contributed by atoms with Gasteiger partial charge in [0.25, 0.3) is 0 Å². The molecule has 1 fully saturated rings. The summed E-state index contributed by atoms with van der Waals surface area (Å²) < 4.78 is 38.8. The molecular weight excluding hydrogens is 245 g/mol. The third-order valence-corrected chi connectivity index (χ3v) is 3.45. The number of rotatable bonds is 2. The average Bonchev–Trinajstić information content (AvgIpc) is 2.55. The molecule has 1 rings (SSSR count). The highest BCUT2D eigenvalue weighted by Crippen LogP contribution is 2.44. The minimum Gasteiger partial charge on any atom is -0.336 e. The fraction of sp³-hybridized carbons (Fsp3) is 0.909. The molecule has 3 N–H and O–H groups in total. The highest BCUT2D eigenvalue weighted by Gasteiger charge is 2.55. The van der Waals surface area contributed by atoms with E-state index in [1.165, 1.54) is 0 Å². The second-order valence-electron chi connectivity index (χ2n) is 5.04. The first kappa shape index (κ1) is 15.1. The van der Waals surface area contributed by atoms with Gasteiger partial charge >= 0.3 is 6.18 Å². The van der Waals surface area contributed by atoms with E-state index in [2.05, 4.69) is 10.4 Å². The predicted molar refractivity (Wildman–Crippen MR) is 64.9 cm³/mol. The van der Waals surface area contributed by atoms with Crippen molar-refractivity contribution >= 4 is 5.96 Å². The molecule has 7 heteroatoms. The van der Waals surface area contributed by atoms with Gasteiger partial charge < -0.3 is 4.90 Å². The zero-order valence-electron chi connectivity index (χ0n) is 11.0. The fourth-order valence-electron chi connectivity index (χ4n) is 2.46. The molecule has 0 spiro atoms. The molecule has 4 nitrogen and oxygen atoms in total. The molecule has 0 bridgehead atoms. The second-order valence-corrected chi connectivity index (χ2v) is 5.04. The molecule has 18 heavy (non-hydrogen) atoms. The molecule has 0 aromatic rings. The van der Waals surface area contributed by atoms with Crippen molar-refractivity contribution in [2.45, 2.75) is 45.3 Å². The van der Waals surface area contributed by atoms with Gasteiger partial charge in [-0.05, 0) is 26.7 Å². The number of hydrogen-bond acceptors (Lipinski definition) is 2. The van der Waals surface area contributed by atoms with Crippen LogP contribution in [0.2, 0.25) is 0 Å². The Morgan fingerprint density at radius 3 is 2.50 bits per heavy atom. The molecule has 0 amide bonds. The zero-order valence-corrected chi connectivity index (χ0v) is 11.0. The van der Waals surface area contributed by atoms with Crippen LogP contribution in [0.1, 0.15) is 33.6 Å². The van der Waals surface area contributed by atoms with E-state index in [-0.39, 0.29) is 6.42 Å². The third kappa shape index (κ3) is 2.88. The maximum absolute atomic E-state index is 12.9. The molecule has 1 aliphatic rings. The first-order chi connectivity index (χ1) is 8.25. The lowest BCUT2D eigenvalue weighted by Crippen LogP contribution is -2.55. The van der Waals surface area contributed by atoms with E-state index in [0.29, 0.717) is 19.0 Å². The quantitative estimate of drug-likeness (QED) is 0.347. The van der Waals surface area contributed by atoms with Crippen molar-refractivity contribution in [1.29, 1.82) is 0 Å². The van der Waals surface area contributed by atoms with Crippen LogP contribution in [0, 0.1) is 5.92 Å². The second kappa shape index (κ2) is 5.34. The van der Waals surface area contributed by atoms with Crippen molar-refractivity contribution in [2.24, 2.45) is 16.8 Å². The molecule has 0 aromatic carbocycles. The molecule has 0 aliphatic carbocycles. The van der Waals surface area contributed by atoms with Gasteiger partial charge in [-0.1, -0.05) is 6.92 Å². The Bertz CT molecular complexity index is 312. The minimum absolute atomic E-state index is 0.0727. The van der Waals surface area contributed by atoms with Gasteiger partial charge in [-0.2, -0.15) is 13.2 Å². The monoisotopic (exact) mass is 266 g/mol. The van der Waals surface area contributed by atoms with Crippen LogP contribution in [0.25, 0.3) is 0 Å². The van der Waals surface area contributed by atoms with E-state index in [1.54, 1.807) is 18.7 Å². The lowest BCUT2D eigenvalue weighted by Gasteiger charge is -2.38. The van der Waals surface area contributed by atoms with Crippen molar-refractivity contribution in [2.75, 3.05) is 13.1 Å². The lowest BCUT2D eigenvalue weighted by atomic mass is 9.88. The highest BCUT2D eigenvalue weighted by molar-refractivity contribution is 5.80. The van der Waals surface area contributed by atoms with Gasteiger partial charge in [-0.3, -0.25) is 10.4 Å². The number of aliphatic imine (C=N–C) groups is 1. The summed E-state index contributed by atoms with van der Waals surface area (Å²) >= 11 is 0. The normalized spacial score (nSPS) is 24.5. The summed E-state index contributed by atoms with van der Waals surface area (Å²) in [7, 11) is 0. The maximum Gasteiger partial charge on any atom is 0.394 e. The van der Waals surface area contributed by atoms with Crippen molar-refractivity contribution in [3.8, 4) is 0 Å². The Morgan fingerprint density at radius 2 is 2.11 bits per heavy atom. The summed E-state index contributed by atoms with van der Waals surface area (Å²) in [6.45, 7) is 5.96. The molecule has 0 aromatic heterocycles. The van der Waals surface area contributed by atoms with E-state index in [0.717, 1.165) is 6.42 Å². The number of hydrazine groups is 1. The number of nitrogens with zero attached hydrogens (tertiary/aromatic N) is 2. The Hall–Kier alpha value is -0.980. The molecule has 1 atom stereocenters. The molecule has 1 aliphatic heterocycles. The van der Waals surface area contributed by atoms with Crippen molar-refractivity contribution in [3.05, 3.63) is 0 Å². The van der Waals surface area contributed by atoms with Crippen LogP contribution in [0.15, 0.2) is 4.99 Å². The van der Waals surface area contributed by atoms with Gasteiger partial charge in [-0.25, -0.2) is 5.84 Å². The minimum atomic E-state index is -4.19. The fourth-order valence-corrected chi connectivity index (χ4v) is 2.46. The van der Waals surface area contributed by atoms with E-state index in [1.807, 2.05) is 6.92 Å². The highest BCUT2D eigenvalue weighted by atomic mass is 19.4. The molecule has 0 radical (unpaired) electrons. The Labute approximate surface area is 105 Å². The Kier molecular flexibility index (Phi) is 4.47. The van der Waals surface area contributed by atoms with Crippen LogP contribution in [-0.2, 0) is 0 Å². The maximum atomic E-state index is 12.9. The van der Waals surface area contributed by atoms with Crippen LogP contribution in [-0.4, -0.2) is 35.7 Å². The number of nitrogens with one attached hydrogen (secondary N) is 1. The van der Waals surface area contributed by atoms with Gasteiger partial charge in [0.1, 0.15) is 0 Å². The van der Waals surface area contributed by atoms with Crippen LogP contribution in [0.3, 0.4) is 0 Å². The lowest BCUT2D eigenvalue weighted by molar-refractivity contribution is -0.189. The summed E-state index contributed by atoms with van der Waals surface area (Å²) in [5.41, 5.74) is 1.38. The SMILES string of the molecule is CCCN=C(NN)N1CCC(C(F)(F)F)C1(C)C. The van der Waals surface area contributed by atoms with Crippen LogP contribution < -0.4 is 11.3 Å². The summed E-state index contributed by atoms with van der Waals surface area (Å²) in [6, 6.07) is 0. The molecule has 1 heterocycles. The van der Waals surface area contributed by atoms with E-state index >= 15 is 0 Å². The molecule has 106 valence electrons. The zero-order chi connectivity index (χ0) is 14.0. The van der Waals surface area contributed by atoms with Crippen molar-refractivity contribution in [1.82, 2.24) is 10.3 Å². The van der Waals surface area contributed by atoms with Crippen LogP contribution >= 0.6 is 0 Å². The van der Waals surface area contributed by atoms with Gasteiger partial charge in [0, 0.05) is 18.6 Å². The van der Waals surface area contributed by atoms with E-state index in [4.69, 9.17) is 5.84 Å². The summed E-state index contributed by atoms with van der Waals surface area (Å²) in [5, 5.41) is 0. The van der Waals surface area contributed by atoms with Gasteiger partial charge in [0.2, 0.25) is 5.96 Å². The average molecular weight is 266 g/mol. The van der Waals surface area contributed by atoms with Gasteiger partial charge in [0.15, 0.2) is 0 Å². The number of halogens is 3. The number of likely N-dealkylation sites (tertiary alicyclic amines) is 1. The van der Waals surface area contributed by atoms with Crippen molar-refractivity contribution in [3.63, 3.8) is 0 Å². The smallest absolute Gasteiger partial charge is 0.336 e. The number of hydrogen-bond donors (Lipinski definition) is 2. The molecule has 0 saturated carbocycles. The number of nitrogens with two attached hydrogens (primary N) is 1. The topological polar surface area (TPSA) is 53.6 Å². The van der Waals surface area contributed by atoms with Crippen LogP contribution in [0.5, 0.6) is 0 Å². The van der Waals surface area contributed by atoms with E-state index in [9.17, 15) is 13.2 Å². The summed E-state index contributed by atoms with van der Waals surface area (Å²) in [6.07, 6.45) is -3.30. The molecular formula is C11H21F3N4. The number of guanidine groups is 1. The number of alkyl halides is 3. The molecule has 1 unspecified atom stereocenters. The Balaban J connectivity index is 2.93.